The fourth-order valence-corrected chi connectivity index (χ4v) is 1.98. The van der Waals surface area contributed by atoms with Crippen molar-refractivity contribution in [2.75, 3.05) is 7.11 Å². The lowest BCUT2D eigenvalue weighted by molar-refractivity contribution is -0.118. The molecule has 0 spiro atoms. The van der Waals surface area contributed by atoms with Gasteiger partial charge in [-0.3, -0.25) is 0 Å². The molecule has 0 aromatic carbocycles. The van der Waals surface area contributed by atoms with Crippen molar-refractivity contribution in [2.45, 2.75) is 45.1 Å². The average Bonchev–Trinajstić information content (AvgIpc) is 2.05. The van der Waals surface area contributed by atoms with Crippen LogP contribution < -0.4 is 0 Å². The van der Waals surface area contributed by atoms with E-state index in [0.717, 1.165) is 32.1 Å². The Kier molecular flexibility index (Phi) is 3.73. The highest BCUT2D eigenvalue weighted by Gasteiger charge is 2.21. The maximum Gasteiger partial charge on any atom is 0.130 e. The lowest BCUT2D eigenvalue weighted by Crippen LogP contribution is -2.21. The minimum atomic E-state index is 0.330. The highest BCUT2D eigenvalue weighted by atomic mass is 16.5. The predicted octanol–water partition coefficient (Wildman–Crippen LogP) is 2.17. The summed E-state index contributed by atoms with van der Waals surface area (Å²) in [5.41, 5.74) is 0. The van der Waals surface area contributed by atoms with Gasteiger partial charge in [0, 0.05) is 13.5 Å². The van der Waals surface area contributed by atoms with Crippen molar-refractivity contribution in [2.24, 2.45) is 5.92 Å². The molecule has 0 heterocycles. The van der Waals surface area contributed by atoms with Gasteiger partial charge in [-0.2, -0.15) is 0 Å². The summed E-state index contributed by atoms with van der Waals surface area (Å²) in [6.07, 6.45) is 5.82. The van der Waals surface area contributed by atoms with Crippen LogP contribution in [0.25, 0.3) is 0 Å². The van der Waals surface area contributed by atoms with E-state index in [-0.39, 0.29) is 0 Å². The van der Waals surface area contributed by atoms with Gasteiger partial charge in [0.15, 0.2) is 0 Å². The summed E-state index contributed by atoms with van der Waals surface area (Å²) in [7, 11) is 1.77. The molecule has 0 atom stereocenters. The molecule has 0 amide bonds. The lowest BCUT2D eigenvalue weighted by atomic mass is 9.84. The third kappa shape index (κ3) is 2.94. The van der Waals surface area contributed by atoms with Crippen molar-refractivity contribution < 1.29 is 9.53 Å². The number of ketones is 1. The van der Waals surface area contributed by atoms with Crippen molar-refractivity contribution in [3.63, 3.8) is 0 Å². The van der Waals surface area contributed by atoms with Crippen molar-refractivity contribution >= 4 is 5.78 Å². The van der Waals surface area contributed by atoms with Gasteiger partial charge in [0.1, 0.15) is 5.78 Å². The van der Waals surface area contributed by atoms with Crippen LogP contribution in [0.5, 0.6) is 0 Å². The zero-order valence-corrected chi connectivity index (χ0v) is 8.01. The first kappa shape index (κ1) is 9.72. The van der Waals surface area contributed by atoms with Gasteiger partial charge in [-0.25, -0.2) is 0 Å². The van der Waals surface area contributed by atoms with Crippen molar-refractivity contribution in [1.82, 2.24) is 0 Å². The molecule has 1 rings (SSSR count). The third-order valence-electron chi connectivity index (χ3n) is 2.70. The Labute approximate surface area is 74.3 Å². The first-order valence-corrected chi connectivity index (χ1v) is 4.74. The second-order valence-electron chi connectivity index (χ2n) is 3.78. The normalized spacial score (nSPS) is 30.2. The summed E-state index contributed by atoms with van der Waals surface area (Å²) in [6.45, 7) is 1.68. The van der Waals surface area contributed by atoms with Gasteiger partial charge >= 0.3 is 0 Å². The van der Waals surface area contributed by atoms with Gasteiger partial charge in [0.2, 0.25) is 0 Å². The topological polar surface area (TPSA) is 26.3 Å². The Bertz CT molecular complexity index is 146. The molecule has 0 aliphatic heterocycles. The molecule has 1 fully saturated rings. The van der Waals surface area contributed by atoms with E-state index in [1.54, 1.807) is 14.0 Å². The van der Waals surface area contributed by atoms with E-state index in [4.69, 9.17) is 4.74 Å². The summed E-state index contributed by atoms with van der Waals surface area (Å²) in [5, 5.41) is 0. The number of methoxy groups -OCH3 is 1. The van der Waals surface area contributed by atoms with Crippen LogP contribution in [0.4, 0.5) is 0 Å². The van der Waals surface area contributed by atoms with E-state index >= 15 is 0 Å². The van der Waals surface area contributed by atoms with E-state index in [9.17, 15) is 4.79 Å². The predicted molar refractivity (Wildman–Crippen MR) is 48.1 cm³/mol. The van der Waals surface area contributed by atoms with Gasteiger partial charge in [-0.15, -0.1) is 0 Å². The summed E-state index contributed by atoms with van der Waals surface area (Å²) >= 11 is 0. The highest BCUT2D eigenvalue weighted by Crippen LogP contribution is 2.28. The second-order valence-corrected chi connectivity index (χ2v) is 3.78. The number of carbonyl (C=O) groups is 1. The zero-order chi connectivity index (χ0) is 8.97. The molecular formula is C10H18O2. The smallest absolute Gasteiger partial charge is 0.130 e. The number of hydrogen-bond donors (Lipinski definition) is 0. The fraction of sp³-hybridized carbons (Fsp3) is 0.900. The Balaban J connectivity index is 2.21. The molecule has 1 aliphatic carbocycles. The largest absolute Gasteiger partial charge is 0.381 e. The molecule has 0 radical (unpaired) electrons. The summed E-state index contributed by atoms with van der Waals surface area (Å²) < 4.78 is 5.26. The fourth-order valence-electron chi connectivity index (χ4n) is 1.98. The van der Waals surface area contributed by atoms with Gasteiger partial charge in [-0.1, -0.05) is 0 Å². The molecule has 0 bridgehead atoms. The number of carbonyl (C=O) groups excluding carboxylic acids is 1. The van der Waals surface area contributed by atoms with Crippen LogP contribution in [-0.4, -0.2) is 19.0 Å². The first-order valence-electron chi connectivity index (χ1n) is 4.74. The maximum absolute atomic E-state index is 10.8. The van der Waals surface area contributed by atoms with Crippen LogP contribution >= 0.6 is 0 Å². The Morgan fingerprint density at radius 3 is 2.33 bits per heavy atom. The molecule has 0 aromatic heterocycles. The van der Waals surface area contributed by atoms with E-state index in [2.05, 4.69) is 0 Å². The van der Waals surface area contributed by atoms with Gasteiger partial charge in [-0.05, 0) is 38.5 Å². The minimum Gasteiger partial charge on any atom is -0.381 e. The molecule has 1 aliphatic rings. The SMILES string of the molecule is COC1CCC(CC(C)=O)CC1. The van der Waals surface area contributed by atoms with Crippen LogP contribution in [0, 0.1) is 5.92 Å². The number of Topliss-reactive ketones (excluding diaryl/α,β-unsaturated/α-hetero) is 1. The molecule has 12 heavy (non-hydrogen) atoms. The van der Waals surface area contributed by atoms with Crippen molar-refractivity contribution in [3.8, 4) is 0 Å². The molecule has 2 nitrogen and oxygen atoms in total. The summed E-state index contributed by atoms with van der Waals surface area (Å²) in [5.74, 6) is 0.963. The summed E-state index contributed by atoms with van der Waals surface area (Å²) in [6, 6.07) is 0. The highest BCUT2D eigenvalue weighted by molar-refractivity contribution is 5.75. The van der Waals surface area contributed by atoms with Crippen LogP contribution in [0.1, 0.15) is 39.0 Å². The Hall–Kier alpha value is -0.370. The molecule has 70 valence electrons. The van der Waals surface area contributed by atoms with E-state index in [1.165, 1.54) is 0 Å². The number of ether oxygens (including phenoxy) is 1. The minimum absolute atomic E-state index is 0.330. The summed E-state index contributed by atoms with van der Waals surface area (Å²) in [4.78, 5) is 10.8. The number of rotatable bonds is 3. The monoisotopic (exact) mass is 170 g/mol. The molecule has 0 N–H and O–H groups in total. The third-order valence-corrected chi connectivity index (χ3v) is 2.70. The first-order chi connectivity index (χ1) is 5.72. The van der Waals surface area contributed by atoms with Crippen LogP contribution in [0.15, 0.2) is 0 Å². The Morgan fingerprint density at radius 1 is 1.33 bits per heavy atom. The zero-order valence-electron chi connectivity index (χ0n) is 8.01. The molecular weight excluding hydrogens is 152 g/mol. The molecule has 1 saturated carbocycles. The maximum atomic E-state index is 10.8. The van der Waals surface area contributed by atoms with Gasteiger partial charge < -0.3 is 9.53 Å². The molecule has 0 saturated heterocycles. The number of hydrogen-bond acceptors (Lipinski definition) is 2. The van der Waals surface area contributed by atoms with Gasteiger partial charge in [0.25, 0.3) is 0 Å². The van der Waals surface area contributed by atoms with Crippen LogP contribution in [0.3, 0.4) is 0 Å². The average molecular weight is 170 g/mol. The van der Waals surface area contributed by atoms with Crippen molar-refractivity contribution in [1.29, 1.82) is 0 Å². The quantitative estimate of drug-likeness (QED) is 0.649. The van der Waals surface area contributed by atoms with E-state index in [0.29, 0.717) is 17.8 Å². The molecule has 2 heteroatoms. The lowest BCUT2D eigenvalue weighted by Gasteiger charge is -2.26. The Morgan fingerprint density at radius 2 is 1.92 bits per heavy atom. The van der Waals surface area contributed by atoms with Crippen LogP contribution in [-0.2, 0) is 9.53 Å². The van der Waals surface area contributed by atoms with Gasteiger partial charge in [0.05, 0.1) is 6.10 Å². The molecule has 0 unspecified atom stereocenters. The van der Waals surface area contributed by atoms with Crippen LogP contribution in [0.2, 0.25) is 0 Å². The van der Waals surface area contributed by atoms with Crippen molar-refractivity contribution in [3.05, 3.63) is 0 Å². The van der Waals surface area contributed by atoms with E-state index in [1.807, 2.05) is 0 Å². The second kappa shape index (κ2) is 4.61. The standard InChI is InChI=1S/C10H18O2/c1-8(11)7-9-3-5-10(12-2)6-4-9/h9-10H,3-7H2,1-2H3. The van der Waals surface area contributed by atoms with E-state index < -0.39 is 0 Å². The molecule has 0 aromatic rings.